The predicted molar refractivity (Wildman–Crippen MR) is 104 cm³/mol. The van der Waals surface area contributed by atoms with Gasteiger partial charge in [-0.15, -0.1) is 0 Å². The second kappa shape index (κ2) is 6.89. The average Bonchev–Trinajstić information content (AvgIpc) is 3.28. The van der Waals surface area contributed by atoms with Crippen molar-refractivity contribution in [1.29, 1.82) is 0 Å². The van der Waals surface area contributed by atoms with E-state index in [9.17, 15) is 0 Å². The maximum absolute atomic E-state index is 5.39. The lowest BCUT2D eigenvalue weighted by molar-refractivity contribution is 0.246. The van der Waals surface area contributed by atoms with Crippen LogP contribution in [0.3, 0.4) is 0 Å². The zero-order valence-electron chi connectivity index (χ0n) is 13.6. The zero-order chi connectivity index (χ0) is 16.4. The van der Waals surface area contributed by atoms with Gasteiger partial charge in [-0.3, -0.25) is 5.43 Å². The Morgan fingerprint density at radius 1 is 1.17 bits per heavy atom. The summed E-state index contributed by atoms with van der Waals surface area (Å²) >= 11 is 5.39. The van der Waals surface area contributed by atoms with Crippen LogP contribution in [0.2, 0.25) is 0 Å². The van der Waals surface area contributed by atoms with Crippen molar-refractivity contribution in [2.24, 2.45) is 28.8 Å². The monoisotopic (exact) mass is 337 g/mol. The van der Waals surface area contributed by atoms with Crippen molar-refractivity contribution in [3.05, 3.63) is 54.1 Å². The molecular formula is C20H23N3S. The van der Waals surface area contributed by atoms with Crippen molar-refractivity contribution in [2.45, 2.75) is 25.3 Å². The molecule has 4 rings (SSSR count). The van der Waals surface area contributed by atoms with Crippen LogP contribution in [-0.2, 0) is 0 Å². The summed E-state index contributed by atoms with van der Waals surface area (Å²) < 4.78 is 0. The molecule has 0 aliphatic heterocycles. The van der Waals surface area contributed by atoms with E-state index in [-0.39, 0.29) is 0 Å². The molecule has 0 spiro atoms. The number of hydrogen-bond donors (Lipinski definition) is 2. The summed E-state index contributed by atoms with van der Waals surface area (Å²) in [7, 11) is 0. The summed E-state index contributed by atoms with van der Waals surface area (Å²) in [6.45, 7) is 0. The molecule has 5 atom stereocenters. The highest BCUT2D eigenvalue weighted by atomic mass is 32.1. The number of hydrazone groups is 1. The highest BCUT2D eigenvalue weighted by Crippen LogP contribution is 2.56. The largest absolute Gasteiger partial charge is 0.358 e. The molecule has 124 valence electrons. The number of nitrogens with one attached hydrogen (secondary N) is 2. The molecule has 2 N–H and O–H groups in total. The van der Waals surface area contributed by atoms with Gasteiger partial charge in [-0.1, -0.05) is 48.6 Å². The van der Waals surface area contributed by atoms with E-state index in [4.69, 9.17) is 12.2 Å². The third-order valence-corrected chi connectivity index (χ3v) is 5.95. The van der Waals surface area contributed by atoms with E-state index in [2.05, 4.69) is 40.1 Å². The fraction of sp³-hybridized carbons (Fsp3) is 0.400. The Morgan fingerprint density at radius 3 is 2.92 bits per heavy atom. The molecule has 0 radical (unpaired) electrons. The molecule has 3 nitrogen and oxygen atoms in total. The lowest BCUT2D eigenvalue weighted by Gasteiger charge is -2.32. The number of fused-ring (bicyclic) bond motifs is 5. The smallest absolute Gasteiger partial charge is 0.187 e. The van der Waals surface area contributed by atoms with Crippen LogP contribution in [0.4, 0.5) is 0 Å². The van der Waals surface area contributed by atoms with E-state index in [0.29, 0.717) is 11.2 Å². The van der Waals surface area contributed by atoms with E-state index in [1.165, 1.54) is 19.3 Å². The molecule has 0 unspecified atom stereocenters. The van der Waals surface area contributed by atoms with Crippen LogP contribution >= 0.6 is 12.2 Å². The van der Waals surface area contributed by atoms with E-state index in [1.54, 1.807) is 6.21 Å². The highest BCUT2D eigenvalue weighted by Gasteiger charge is 2.52. The molecule has 3 aliphatic carbocycles. The lowest BCUT2D eigenvalue weighted by Crippen LogP contribution is -2.45. The Morgan fingerprint density at radius 2 is 2.04 bits per heavy atom. The summed E-state index contributed by atoms with van der Waals surface area (Å²) in [5.74, 6) is 3.32. The first-order chi connectivity index (χ1) is 11.8. The molecule has 4 heteroatoms. The number of nitrogens with zero attached hydrogens (tertiary/aromatic N) is 1. The van der Waals surface area contributed by atoms with Crippen molar-refractivity contribution in [3.63, 3.8) is 0 Å². The van der Waals surface area contributed by atoms with Crippen LogP contribution in [0.25, 0.3) is 6.08 Å². The second-order valence-corrected chi connectivity index (χ2v) is 7.45. The second-order valence-electron chi connectivity index (χ2n) is 7.04. The summed E-state index contributed by atoms with van der Waals surface area (Å²) in [6, 6.07) is 10.7. The molecule has 1 aromatic carbocycles. The summed E-state index contributed by atoms with van der Waals surface area (Å²) in [6.07, 6.45) is 14.4. The van der Waals surface area contributed by atoms with Gasteiger partial charge in [0.2, 0.25) is 0 Å². The van der Waals surface area contributed by atoms with E-state index in [1.807, 2.05) is 30.4 Å². The van der Waals surface area contributed by atoms with Crippen molar-refractivity contribution in [2.75, 3.05) is 0 Å². The molecular weight excluding hydrogens is 314 g/mol. The summed E-state index contributed by atoms with van der Waals surface area (Å²) in [5.41, 5.74) is 4.09. The van der Waals surface area contributed by atoms with E-state index in [0.717, 1.165) is 29.2 Å². The minimum absolute atomic E-state index is 0.508. The molecule has 2 saturated carbocycles. The Kier molecular flexibility index (Phi) is 4.48. The van der Waals surface area contributed by atoms with E-state index < -0.39 is 0 Å². The zero-order valence-corrected chi connectivity index (χ0v) is 14.5. The predicted octanol–water partition coefficient (Wildman–Crippen LogP) is 3.75. The molecule has 0 heterocycles. The minimum atomic E-state index is 0.508. The first kappa shape index (κ1) is 15.6. The van der Waals surface area contributed by atoms with Gasteiger partial charge in [0.05, 0.1) is 0 Å². The normalized spacial score (nSPS) is 33.4. The molecule has 2 fully saturated rings. The standard InChI is InChI=1S/C20H23N3S/c24-20(23-21-11-5-8-14-6-2-1-3-7-14)22-19-13-15-12-18(19)17-10-4-9-16(15)17/h1-8,10-11,15-19H,9,12-13H2,(H2,22,23,24)/b8-5+,21-11-/t15-,16+,17+,18+,19-/m1/s1. The quantitative estimate of drug-likeness (QED) is 0.380. The maximum atomic E-state index is 5.39. The Balaban J connectivity index is 1.24. The molecule has 0 aromatic heterocycles. The van der Waals surface area contributed by atoms with Crippen molar-refractivity contribution >= 4 is 29.6 Å². The molecule has 0 amide bonds. The molecule has 0 saturated heterocycles. The van der Waals surface area contributed by atoms with Gasteiger partial charge >= 0.3 is 0 Å². The van der Waals surface area contributed by atoms with Crippen molar-refractivity contribution in [3.8, 4) is 0 Å². The molecule has 1 aromatic rings. The Labute approximate surface area is 148 Å². The number of thiocarbonyl (C=S) groups is 1. The summed E-state index contributed by atoms with van der Waals surface area (Å²) in [4.78, 5) is 0. The van der Waals surface area contributed by atoms with Gasteiger partial charge in [0.1, 0.15) is 0 Å². The fourth-order valence-corrected chi connectivity index (χ4v) is 4.97. The van der Waals surface area contributed by atoms with Crippen molar-refractivity contribution < 1.29 is 0 Å². The highest BCUT2D eigenvalue weighted by molar-refractivity contribution is 7.80. The fourth-order valence-electron chi connectivity index (χ4n) is 4.77. The number of benzene rings is 1. The van der Waals surface area contributed by atoms with Gasteiger partial charge in [-0.05, 0) is 66.8 Å². The van der Waals surface area contributed by atoms with Gasteiger partial charge in [-0.25, -0.2) is 0 Å². The van der Waals surface area contributed by atoms with Crippen LogP contribution in [-0.4, -0.2) is 17.4 Å². The average molecular weight is 337 g/mol. The van der Waals surface area contributed by atoms with Crippen molar-refractivity contribution in [1.82, 2.24) is 10.7 Å². The third kappa shape index (κ3) is 3.16. The first-order valence-electron chi connectivity index (χ1n) is 8.79. The van der Waals surface area contributed by atoms with Crippen LogP contribution in [0, 0.1) is 23.7 Å². The minimum Gasteiger partial charge on any atom is -0.358 e. The van der Waals surface area contributed by atoms with Gasteiger partial charge < -0.3 is 5.32 Å². The van der Waals surface area contributed by atoms with Gasteiger partial charge in [0.25, 0.3) is 0 Å². The molecule has 3 aliphatic rings. The van der Waals surface area contributed by atoms with Gasteiger partial charge in [-0.2, -0.15) is 5.10 Å². The molecule has 24 heavy (non-hydrogen) atoms. The maximum Gasteiger partial charge on any atom is 0.187 e. The van der Waals surface area contributed by atoms with E-state index >= 15 is 0 Å². The SMILES string of the molecule is S=C(N/N=C\C=C\c1ccccc1)N[C@@H]1C[C@H]2C[C@H]1[C@H]1C=CC[C@@H]21. The Bertz CT molecular complexity index is 679. The van der Waals surface area contributed by atoms with Crippen LogP contribution in [0.1, 0.15) is 24.8 Å². The van der Waals surface area contributed by atoms with Gasteiger partial charge in [0, 0.05) is 12.3 Å². The van der Waals surface area contributed by atoms with Crippen LogP contribution in [0.15, 0.2) is 53.7 Å². The number of allylic oxidation sites excluding steroid dienone is 3. The van der Waals surface area contributed by atoms with Gasteiger partial charge in [0.15, 0.2) is 5.11 Å². The van der Waals surface area contributed by atoms with Crippen LogP contribution < -0.4 is 10.7 Å². The third-order valence-electron chi connectivity index (χ3n) is 5.74. The topological polar surface area (TPSA) is 36.4 Å². The first-order valence-corrected chi connectivity index (χ1v) is 9.20. The molecule has 2 bridgehead atoms. The number of rotatable bonds is 4. The lowest BCUT2D eigenvalue weighted by atomic mass is 9.79. The van der Waals surface area contributed by atoms with Crippen LogP contribution in [0.5, 0.6) is 0 Å². The number of hydrogen-bond acceptors (Lipinski definition) is 2. The summed E-state index contributed by atoms with van der Waals surface area (Å²) in [5, 5.41) is 8.29. The Hall–Kier alpha value is -1.94.